The molecule has 0 bridgehead atoms. The zero-order valence-corrected chi connectivity index (χ0v) is 11.2. The molecule has 3 aromatic rings. The molecule has 0 aliphatic rings. The van der Waals surface area contributed by atoms with Gasteiger partial charge >= 0.3 is 0 Å². The molecule has 100 valence electrons. The summed E-state index contributed by atoms with van der Waals surface area (Å²) in [6, 6.07) is 13.5. The predicted molar refractivity (Wildman–Crippen MR) is 84.9 cm³/mol. The second-order valence-corrected chi connectivity index (χ2v) is 4.78. The lowest BCUT2D eigenvalue weighted by Gasteiger charge is -1.98. The molecule has 0 fully saturated rings. The molecular weight excluding hydrogens is 248 g/mol. The lowest BCUT2D eigenvalue weighted by atomic mass is 10.2. The first kappa shape index (κ1) is 12.3. The summed E-state index contributed by atoms with van der Waals surface area (Å²) in [5.74, 6) is 0.891. The fourth-order valence-corrected chi connectivity index (χ4v) is 2.16. The Labute approximate surface area is 117 Å². The third-order valence-corrected chi connectivity index (χ3v) is 3.30. The topological polar surface area (TPSA) is 69.9 Å². The number of benzene rings is 2. The third kappa shape index (κ3) is 2.23. The van der Waals surface area contributed by atoms with Crippen LogP contribution in [-0.2, 0) is 7.05 Å². The number of aromatic nitrogens is 2. The highest BCUT2D eigenvalue weighted by Crippen LogP contribution is 2.19. The smallest absolute Gasteiger partial charge is 0.133 e. The van der Waals surface area contributed by atoms with Gasteiger partial charge in [0.1, 0.15) is 5.82 Å². The maximum Gasteiger partial charge on any atom is 0.133 e. The van der Waals surface area contributed by atoms with Gasteiger partial charge in [0.15, 0.2) is 0 Å². The highest BCUT2D eigenvalue weighted by atomic mass is 15.1. The van der Waals surface area contributed by atoms with Crippen molar-refractivity contribution in [2.45, 2.75) is 0 Å². The summed E-state index contributed by atoms with van der Waals surface area (Å²) in [6.07, 6.45) is 4.01. The molecule has 1 heterocycles. The molecule has 0 atom stereocenters. The van der Waals surface area contributed by atoms with E-state index in [-0.39, 0.29) is 0 Å². The molecule has 0 unspecified atom stereocenters. The molecule has 2 aromatic carbocycles. The number of hydrogen-bond donors (Lipinski definition) is 2. The largest absolute Gasteiger partial charge is 0.399 e. The maximum atomic E-state index is 5.78. The molecule has 0 amide bonds. The maximum absolute atomic E-state index is 5.78. The van der Waals surface area contributed by atoms with Crippen LogP contribution in [0.4, 0.5) is 11.4 Å². The minimum atomic E-state index is 0.727. The molecule has 20 heavy (non-hydrogen) atoms. The quantitative estimate of drug-likeness (QED) is 0.699. The number of anilines is 2. The van der Waals surface area contributed by atoms with Crippen molar-refractivity contribution in [3.8, 4) is 0 Å². The summed E-state index contributed by atoms with van der Waals surface area (Å²) in [7, 11) is 1.99. The molecule has 0 saturated carbocycles. The van der Waals surface area contributed by atoms with E-state index in [9.17, 15) is 0 Å². The standard InChI is InChI=1S/C16H16N4/c1-20-15-8-7-13(18)10-14(15)19-16(20)9-4-11-2-5-12(17)6-3-11/h2-10H,17-18H2,1H3/b9-4+. The van der Waals surface area contributed by atoms with E-state index in [1.165, 1.54) is 0 Å². The second-order valence-electron chi connectivity index (χ2n) is 4.78. The number of nitrogens with zero attached hydrogens (tertiary/aromatic N) is 2. The van der Waals surface area contributed by atoms with Gasteiger partial charge in [-0.2, -0.15) is 0 Å². The first-order valence-electron chi connectivity index (χ1n) is 6.39. The minimum Gasteiger partial charge on any atom is -0.399 e. The number of fused-ring (bicyclic) bond motifs is 1. The molecule has 0 spiro atoms. The van der Waals surface area contributed by atoms with E-state index >= 15 is 0 Å². The van der Waals surface area contributed by atoms with Gasteiger partial charge in [-0.05, 0) is 42.0 Å². The van der Waals surface area contributed by atoms with Crippen LogP contribution in [0.3, 0.4) is 0 Å². The molecule has 4 heteroatoms. The van der Waals surface area contributed by atoms with Crippen LogP contribution >= 0.6 is 0 Å². The van der Waals surface area contributed by atoms with Gasteiger partial charge in [0.05, 0.1) is 11.0 Å². The van der Waals surface area contributed by atoms with Gasteiger partial charge in [0.25, 0.3) is 0 Å². The Kier molecular flexibility index (Phi) is 2.91. The van der Waals surface area contributed by atoms with Crippen LogP contribution in [0.25, 0.3) is 23.2 Å². The van der Waals surface area contributed by atoms with Gasteiger partial charge in [-0.15, -0.1) is 0 Å². The van der Waals surface area contributed by atoms with Crippen molar-refractivity contribution in [1.29, 1.82) is 0 Å². The lowest BCUT2D eigenvalue weighted by molar-refractivity contribution is 0.930. The van der Waals surface area contributed by atoms with E-state index in [4.69, 9.17) is 11.5 Å². The van der Waals surface area contributed by atoms with Crippen molar-refractivity contribution >= 4 is 34.6 Å². The molecule has 0 radical (unpaired) electrons. The molecule has 0 saturated heterocycles. The number of nitrogen functional groups attached to an aromatic ring is 2. The second kappa shape index (κ2) is 4.74. The minimum absolute atomic E-state index is 0.727. The van der Waals surface area contributed by atoms with Crippen LogP contribution in [0.5, 0.6) is 0 Å². The Morgan fingerprint density at radius 2 is 1.65 bits per heavy atom. The van der Waals surface area contributed by atoms with Crippen LogP contribution in [0.1, 0.15) is 11.4 Å². The van der Waals surface area contributed by atoms with Crippen LogP contribution < -0.4 is 11.5 Å². The average molecular weight is 264 g/mol. The first-order valence-corrected chi connectivity index (χ1v) is 6.39. The fourth-order valence-electron chi connectivity index (χ4n) is 2.16. The van der Waals surface area contributed by atoms with E-state index in [1.807, 2.05) is 66.2 Å². The highest BCUT2D eigenvalue weighted by molar-refractivity contribution is 5.82. The number of hydrogen-bond acceptors (Lipinski definition) is 3. The Morgan fingerprint density at radius 3 is 2.40 bits per heavy atom. The Bertz CT molecular complexity index is 782. The zero-order valence-electron chi connectivity index (χ0n) is 11.2. The Morgan fingerprint density at radius 1 is 0.950 bits per heavy atom. The van der Waals surface area contributed by atoms with Gasteiger partial charge in [0.2, 0.25) is 0 Å². The molecule has 4 nitrogen and oxygen atoms in total. The first-order chi connectivity index (χ1) is 9.63. The van der Waals surface area contributed by atoms with Crippen LogP contribution in [-0.4, -0.2) is 9.55 Å². The van der Waals surface area contributed by atoms with Gasteiger partial charge in [0, 0.05) is 18.4 Å². The van der Waals surface area contributed by atoms with E-state index in [0.29, 0.717) is 0 Å². The van der Waals surface area contributed by atoms with Crippen molar-refractivity contribution in [3.63, 3.8) is 0 Å². The summed E-state index contributed by atoms with van der Waals surface area (Å²) in [5, 5.41) is 0. The zero-order chi connectivity index (χ0) is 14.1. The van der Waals surface area contributed by atoms with E-state index in [2.05, 4.69) is 4.98 Å². The van der Waals surface area contributed by atoms with Gasteiger partial charge in [-0.25, -0.2) is 4.98 Å². The Balaban J connectivity index is 1.98. The normalized spacial score (nSPS) is 11.4. The van der Waals surface area contributed by atoms with Crippen molar-refractivity contribution in [2.75, 3.05) is 11.5 Å². The fraction of sp³-hybridized carbons (Fsp3) is 0.0625. The van der Waals surface area contributed by atoms with E-state index in [1.54, 1.807) is 0 Å². The molecular formula is C16H16N4. The average Bonchev–Trinajstić information content (AvgIpc) is 2.74. The number of rotatable bonds is 2. The predicted octanol–water partition coefficient (Wildman–Crippen LogP) is 2.91. The van der Waals surface area contributed by atoms with Crippen molar-refractivity contribution in [1.82, 2.24) is 9.55 Å². The highest BCUT2D eigenvalue weighted by Gasteiger charge is 2.04. The van der Waals surface area contributed by atoms with Crippen LogP contribution in [0.15, 0.2) is 42.5 Å². The Hall–Kier alpha value is -2.75. The van der Waals surface area contributed by atoms with Gasteiger partial charge in [-0.3, -0.25) is 0 Å². The van der Waals surface area contributed by atoms with Crippen molar-refractivity contribution in [3.05, 3.63) is 53.9 Å². The molecule has 0 aliphatic carbocycles. The molecule has 1 aromatic heterocycles. The SMILES string of the molecule is Cn1c(/C=C/c2ccc(N)cc2)nc2cc(N)ccc21. The van der Waals surface area contributed by atoms with E-state index in [0.717, 1.165) is 33.8 Å². The molecule has 3 rings (SSSR count). The van der Waals surface area contributed by atoms with Crippen LogP contribution in [0.2, 0.25) is 0 Å². The third-order valence-electron chi connectivity index (χ3n) is 3.30. The van der Waals surface area contributed by atoms with Crippen molar-refractivity contribution < 1.29 is 0 Å². The number of imidazole rings is 1. The van der Waals surface area contributed by atoms with E-state index < -0.39 is 0 Å². The summed E-state index contributed by atoms with van der Waals surface area (Å²) in [5.41, 5.74) is 16.0. The number of aryl methyl sites for hydroxylation is 1. The number of nitrogens with two attached hydrogens (primary N) is 2. The monoisotopic (exact) mass is 264 g/mol. The summed E-state index contributed by atoms with van der Waals surface area (Å²) in [4.78, 5) is 4.58. The van der Waals surface area contributed by atoms with Crippen molar-refractivity contribution in [2.24, 2.45) is 7.05 Å². The summed E-state index contributed by atoms with van der Waals surface area (Å²) < 4.78 is 2.04. The summed E-state index contributed by atoms with van der Waals surface area (Å²) in [6.45, 7) is 0. The van der Waals surface area contributed by atoms with Gasteiger partial charge < -0.3 is 16.0 Å². The summed E-state index contributed by atoms with van der Waals surface area (Å²) >= 11 is 0. The van der Waals surface area contributed by atoms with Gasteiger partial charge in [-0.1, -0.05) is 18.2 Å². The molecule has 0 aliphatic heterocycles. The molecule has 4 N–H and O–H groups in total. The van der Waals surface area contributed by atoms with Crippen LogP contribution in [0, 0.1) is 0 Å². The lowest BCUT2D eigenvalue weighted by Crippen LogP contribution is -1.91.